The van der Waals surface area contributed by atoms with Gasteiger partial charge in [0.05, 0.1) is 11.0 Å². The lowest BCUT2D eigenvalue weighted by Gasteiger charge is -2.25. The maximum Gasteiger partial charge on any atom is 0.238 e. The molecule has 11 rings (SSSR count). The molecule has 0 bridgehead atoms. The number of fused-ring (bicyclic) bond motifs is 6. The first-order valence-electron chi connectivity index (χ1n) is 20.1. The van der Waals surface area contributed by atoms with Crippen molar-refractivity contribution < 1.29 is 0 Å². The fourth-order valence-corrected chi connectivity index (χ4v) is 8.91. The van der Waals surface area contributed by atoms with Crippen LogP contribution < -0.4 is 4.90 Å². The highest BCUT2D eigenvalue weighted by Crippen LogP contribution is 2.51. The SMILES string of the molecule is CC1(C)c2ccccc2-c2cc3c4cc(-c5ccc(N(c6ccccc6)c6ccccc6)cc5)ccc4n(-c4nc(-c5ccccc5)nc(-c5ccccc5)n4)c3cc21. The summed E-state index contributed by atoms with van der Waals surface area (Å²) >= 11 is 0. The van der Waals surface area contributed by atoms with Gasteiger partial charge in [0.25, 0.3) is 0 Å². The molecule has 1 aliphatic rings. The van der Waals surface area contributed by atoms with Crippen LogP contribution in [0.2, 0.25) is 0 Å². The molecule has 0 aliphatic heterocycles. The first kappa shape index (κ1) is 34.6. The number of benzene rings is 8. The van der Waals surface area contributed by atoms with Crippen molar-refractivity contribution in [3.05, 3.63) is 211 Å². The van der Waals surface area contributed by atoms with Crippen LogP contribution in [-0.4, -0.2) is 19.5 Å². The lowest BCUT2D eigenvalue weighted by Crippen LogP contribution is -2.15. The van der Waals surface area contributed by atoms with Gasteiger partial charge < -0.3 is 4.90 Å². The number of anilines is 3. The lowest BCUT2D eigenvalue weighted by molar-refractivity contribution is 0.661. The van der Waals surface area contributed by atoms with Crippen molar-refractivity contribution in [1.82, 2.24) is 19.5 Å². The van der Waals surface area contributed by atoms with E-state index in [1.807, 2.05) is 36.4 Å². The third kappa shape index (κ3) is 5.81. The number of hydrogen-bond acceptors (Lipinski definition) is 4. The Kier molecular flexibility index (Phi) is 8.09. The Morgan fingerprint density at radius 3 is 1.51 bits per heavy atom. The smallest absolute Gasteiger partial charge is 0.238 e. The summed E-state index contributed by atoms with van der Waals surface area (Å²) in [5, 5.41) is 2.30. The summed E-state index contributed by atoms with van der Waals surface area (Å²) in [7, 11) is 0. The zero-order valence-electron chi connectivity index (χ0n) is 32.8. The van der Waals surface area contributed by atoms with Gasteiger partial charge in [-0.25, -0.2) is 4.98 Å². The predicted molar refractivity (Wildman–Crippen MR) is 243 cm³/mol. The molecule has 5 heteroatoms. The summed E-state index contributed by atoms with van der Waals surface area (Å²) in [5.74, 6) is 1.86. The minimum Gasteiger partial charge on any atom is -0.311 e. The van der Waals surface area contributed by atoms with E-state index in [9.17, 15) is 0 Å². The van der Waals surface area contributed by atoms with Crippen molar-refractivity contribution in [1.29, 1.82) is 0 Å². The second kappa shape index (κ2) is 13.8. The number of rotatable bonds is 7. The van der Waals surface area contributed by atoms with E-state index in [-0.39, 0.29) is 5.41 Å². The second-order valence-corrected chi connectivity index (χ2v) is 15.7. The Morgan fingerprint density at radius 2 is 0.898 bits per heavy atom. The number of aromatic nitrogens is 4. The molecule has 0 fully saturated rings. The molecule has 0 saturated carbocycles. The van der Waals surface area contributed by atoms with E-state index in [0.29, 0.717) is 17.6 Å². The van der Waals surface area contributed by atoms with Gasteiger partial charge in [-0.2, -0.15) is 9.97 Å². The normalized spacial score (nSPS) is 12.7. The lowest BCUT2D eigenvalue weighted by atomic mass is 9.82. The Hall–Kier alpha value is -7.63. The third-order valence-electron chi connectivity index (χ3n) is 11.8. The van der Waals surface area contributed by atoms with Gasteiger partial charge in [-0.05, 0) is 94.0 Å². The van der Waals surface area contributed by atoms with Gasteiger partial charge in [0.2, 0.25) is 5.95 Å². The standard InChI is InChI=1S/C54H39N5/c1-54(2)47-26-16-15-25-43(47)44-34-46-45-33-39(36-27-30-42(31-28-36)58(40-21-11-5-12-22-40)41-23-13-6-14-24-41)29-32-49(45)59(50(46)35-48(44)54)53-56-51(37-17-7-3-8-18-37)55-52(57-53)38-19-9-4-10-20-38/h3-35H,1-2H3. The highest BCUT2D eigenvalue weighted by Gasteiger charge is 2.36. The molecular formula is C54H39N5. The van der Waals surface area contributed by atoms with Crippen LogP contribution in [0.5, 0.6) is 0 Å². The Labute approximate surface area is 343 Å². The van der Waals surface area contributed by atoms with Gasteiger partial charge in [0, 0.05) is 44.4 Å². The van der Waals surface area contributed by atoms with Crippen LogP contribution in [0.1, 0.15) is 25.0 Å². The Morgan fingerprint density at radius 1 is 0.390 bits per heavy atom. The largest absolute Gasteiger partial charge is 0.311 e. The van der Waals surface area contributed by atoms with Crippen LogP contribution in [0.4, 0.5) is 17.1 Å². The molecule has 10 aromatic rings. The average Bonchev–Trinajstić information content (AvgIpc) is 3.74. The van der Waals surface area contributed by atoms with Gasteiger partial charge in [-0.3, -0.25) is 4.57 Å². The van der Waals surface area contributed by atoms with Gasteiger partial charge in [-0.15, -0.1) is 0 Å². The number of hydrogen-bond donors (Lipinski definition) is 0. The minimum absolute atomic E-state index is 0.175. The van der Waals surface area contributed by atoms with E-state index in [2.05, 4.69) is 187 Å². The quantitative estimate of drug-likeness (QED) is 0.162. The molecule has 0 saturated heterocycles. The van der Waals surface area contributed by atoms with Crippen LogP contribution in [0, 0.1) is 0 Å². The molecule has 0 radical (unpaired) electrons. The Balaban J connectivity index is 1.12. The summed E-state index contributed by atoms with van der Waals surface area (Å²) < 4.78 is 2.25. The fraction of sp³-hybridized carbons (Fsp3) is 0.0556. The van der Waals surface area contributed by atoms with E-state index in [1.54, 1.807) is 0 Å². The first-order chi connectivity index (χ1) is 29.0. The van der Waals surface area contributed by atoms with Crippen molar-refractivity contribution >= 4 is 38.9 Å². The predicted octanol–water partition coefficient (Wildman–Crippen LogP) is 13.7. The minimum atomic E-state index is -0.175. The maximum atomic E-state index is 5.23. The van der Waals surface area contributed by atoms with Crippen LogP contribution >= 0.6 is 0 Å². The van der Waals surface area contributed by atoms with E-state index in [1.165, 1.54) is 22.3 Å². The van der Waals surface area contributed by atoms with Gasteiger partial charge in [-0.1, -0.05) is 153 Å². The molecule has 0 atom stereocenters. The van der Waals surface area contributed by atoms with E-state index >= 15 is 0 Å². The van der Waals surface area contributed by atoms with E-state index in [4.69, 9.17) is 15.0 Å². The molecule has 59 heavy (non-hydrogen) atoms. The zero-order valence-corrected chi connectivity index (χ0v) is 32.8. The molecule has 2 heterocycles. The van der Waals surface area contributed by atoms with Crippen LogP contribution in [-0.2, 0) is 5.41 Å². The van der Waals surface area contributed by atoms with Crippen molar-refractivity contribution in [2.24, 2.45) is 0 Å². The molecule has 0 unspecified atom stereocenters. The molecule has 5 nitrogen and oxygen atoms in total. The monoisotopic (exact) mass is 757 g/mol. The molecule has 1 aliphatic carbocycles. The summed E-state index contributed by atoms with van der Waals surface area (Å²) in [5.41, 5.74) is 14.6. The molecule has 0 N–H and O–H groups in total. The molecule has 2 aromatic heterocycles. The van der Waals surface area contributed by atoms with Crippen LogP contribution in [0.3, 0.4) is 0 Å². The summed E-state index contributed by atoms with van der Waals surface area (Å²) in [6.45, 7) is 4.66. The Bertz CT molecular complexity index is 3060. The average molecular weight is 758 g/mol. The topological polar surface area (TPSA) is 46.8 Å². The highest BCUT2D eigenvalue weighted by molar-refractivity contribution is 6.12. The second-order valence-electron chi connectivity index (χ2n) is 15.7. The molecular weight excluding hydrogens is 719 g/mol. The number of para-hydroxylation sites is 2. The van der Waals surface area contributed by atoms with Crippen LogP contribution in [0.15, 0.2) is 200 Å². The van der Waals surface area contributed by atoms with Gasteiger partial charge in [0.1, 0.15) is 0 Å². The fourth-order valence-electron chi connectivity index (χ4n) is 8.91. The molecule has 280 valence electrons. The zero-order chi connectivity index (χ0) is 39.5. The molecule has 0 amide bonds. The van der Waals surface area contributed by atoms with Crippen molar-refractivity contribution in [3.8, 4) is 51.0 Å². The molecule has 8 aromatic carbocycles. The summed E-state index contributed by atoms with van der Waals surface area (Å²) in [4.78, 5) is 17.8. The van der Waals surface area contributed by atoms with E-state index < -0.39 is 0 Å². The first-order valence-corrected chi connectivity index (χ1v) is 20.1. The van der Waals surface area contributed by atoms with Crippen molar-refractivity contribution in [2.75, 3.05) is 4.90 Å². The van der Waals surface area contributed by atoms with Crippen molar-refractivity contribution in [3.63, 3.8) is 0 Å². The van der Waals surface area contributed by atoms with Crippen LogP contribution in [0.25, 0.3) is 72.8 Å². The van der Waals surface area contributed by atoms with E-state index in [0.717, 1.165) is 61.1 Å². The highest BCUT2D eigenvalue weighted by atomic mass is 15.2. The summed E-state index contributed by atoms with van der Waals surface area (Å²) in [6.07, 6.45) is 0. The number of nitrogens with zero attached hydrogens (tertiary/aromatic N) is 5. The van der Waals surface area contributed by atoms with Gasteiger partial charge in [0.15, 0.2) is 11.6 Å². The third-order valence-corrected chi connectivity index (χ3v) is 11.8. The van der Waals surface area contributed by atoms with Crippen molar-refractivity contribution in [2.45, 2.75) is 19.3 Å². The molecule has 0 spiro atoms. The summed E-state index contributed by atoms with van der Waals surface area (Å²) in [6, 6.07) is 70.8. The maximum absolute atomic E-state index is 5.23. The van der Waals surface area contributed by atoms with Gasteiger partial charge >= 0.3 is 0 Å².